The predicted octanol–water partition coefficient (Wildman–Crippen LogP) is 1.78. The van der Waals surface area contributed by atoms with E-state index in [4.69, 9.17) is 0 Å². The van der Waals surface area contributed by atoms with Crippen LogP contribution in [0.3, 0.4) is 0 Å². The average molecular weight is 310 g/mol. The average Bonchev–Trinajstić information content (AvgIpc) is 2.62. The molecule has 0 N–H and O–H groups in total. The molecule has 1 saturated heterocycles. The molecule has 4 rings (SSSR count). The number of hydrogen-bond acceptors (Lipinski definition) is 6. The lowest BCUT2D eigenvalue weighted by Crippen LogP contribution is -2.47. The predicted molar refractivity (Wildman–Crippen MR) is 89.9 cm³/mol. The Balaban J connectivity index is 1.49. The zero-order chi connectivity index (χ0) is 15.6. The van der Waals surface area contributed by atoms with Crippen molar-refractivity contribution in [1.29, 1.82) is 0 Å². The van der Waals surface area contributed by atoms with Crippen molar-refractivity contribution in [1.82, 2.24) is 19.9 Å². The fourth-order valence-electron chi connectivity index (χ4n) is 3.44. The van der Waals surface area contributed by atoms with Crippen molar-refractivity contribution in [3.63, 3.8) is 0 Å². The quantitative estimate of drug-likeness (QED) is 0.843. The lowest BCUT2D eigenvalue weighted by Gasteiger charge is -2.36. The summed E-state index contributed by atoms with van der Waals surface area (Å²) in [5.41, 5.74) is 3.73. The van der Waals surface area contributed by atoms with Crippen molar-refractivity contribution < 1.29 is 0 Å². The number of aromatic nitrogens is 4. The van der Waals surface area contributed by atoms with Gasteiger partial charge in [0.2, 0.25) is 5.95 Å². The van der Waals surface area contributed by atoms with E-state index >= 15 is 0 Å². The van der Waals surface area contributed by atoms with Crippen LogP contribution in [0.2, 0.25) is 0 Å². The highest BCUT2D eigenvalue weighted by molar-refractivity contribution is 5.51. The van der Waals surface area contributed by atoms with Crippen LogP contribution in [0, 0.1) is 6.92 Å². The van der Waals surface area contributed by atoms with Crippen molar-refractivity contribution in [2.75, 3.05) is 36.0 Å². The van der Waals surface area contributed by atoms with E-state index in [0.29, 0.717) is 0 Å². The van der Waals surface area contributed by atoms with Gasteiger partial charge in [0.25, 0.3) is 0 Å². The molecule has 0 saturated carbocycles. The molecule has 23 heavy (non-hydrogen) atoms. The highest BCUT2D eigenvalue weighted by Gasteiger charge is 2.24. The Morgan fingerprint density at radius 2 is 1.52 bits per heavy atom. The van der Waals surface area contributed by atoms with Gasteiger partial charge in [0.1, 0.15) is 12.1 Å². The molecule has 1 fully saturated rings. The molecule has 0 bridgehead atoms. The Kier molecular flexibility index (Phi) is 3.81. The lowest BCUT2D eigenvalue weighted by atomic mass is 9.96. The van der Waals surface area contributed by atoms with Crippen molar-refractivity contribution in [2.24, 2.45) is 0 Å². The van der Waals surface area contributed by atoms with Crippen LogP contribution in [-0.4, -0.2) is 46.1 Å². The molecule has 3 heterocycles. The molecule has 6 heteroatoms. The van der Waals surface area contributed by atoms with Gasteiger partial charge in [-0.1, -0.05) is 0 Å². The van der Waals surface area contributed by atoms with E-state index < -0.39 is 0 Å². The third-order valence-corrected chi connectivity index (χ3v) is 4.73. The van der Waals surface area contributed by atoms with Crippen molar-refractivity contribution in [2.45, 2.75) is 32.6 Å². The monoisotopic (exact) mass is 310 g/mol. The van der Waals surface area contributed by atoms with Crippen LogP contribution in [-0.2, 0) is 12.8 Å². The molecule has 1 aliphatic carbocycles. The van der Waals surface area contributed by atoms with Crippen LogP contribution in [0.5, 0.6) is 0 Å². The highest BCUT2D eigenvalue weighted by Crippen LogP contribution is 2.27. The largest absolute Gasteiger partial charge is 0.353 e. The molecular weight excluding hydrogens is 288 g/mol. The summed E-state index contributed by atoms with van der Waals surface area (Å²) in [7, 11) is 0. The summed E-state index contributed by atoms with van der Waals surface area (Å²) in [5, 5.41) is 0. The second-order valence-corrected chi connectivity index (χ2v) is 6.36. The third kappa shape index (κ3) is 2.85. The Hall–Kier alpha value is -2.24. The van der Waals surface area contributed by atoms with Gasteiger partial charge in [0.05, 0.1) is 0 Å². The standard InChI is InChI=1S/C17H22N6/c1-13-10-18-17(19-11-13)23-8-6-22(7-9-23)16-14-4-2-3-5-15(14)20-12-21-16/h10-12H,2-9H2,1H3. The van der Waals surface area contributed by atoms with Crippen LogP contribution >= 0.6 is 0 Å². The summed E-state index contributed by atoms with van der Waals surface area (Å²) < 4.78 is 0. The maximum absolute atomic E-state index is 4.59. The number of rotatable bonds is 2. The van der Waals surface area contributed by atoms with E-state index in [9.17, 15) is 0 Å². The first-order valence-corrected chi connectivity index (χ1v) is 8.42. The van der Waals surface area contributed by atoms with Crippen molar-refractivity contribution in [3.8, 4) is 0 Å². The van der Waals surface area contributed by atoms with Gasteiger partial charge in [0.15, 0.2) is 0 Å². The van der Waals surface area contributed by atoms with Gasteiger partial charge in [-0.2, -0.15) is 0 Å². The van der Waals surface area contributed by atoms with Gasteiger partial charge in [-0.25, -0.2) is 19.9 Å². The number of fused-ring (bicyclic) bond motifs is 1. The van der Waals surface area contributed by atoms with E-state index in [2.05, 4.69) is 29.7 Å². The lowest BCUT2D eigenvalue weighted by molar-refractivity contribution is 0.615. The Bertz CT molecular complexity index is 676. The molecule has 0 aromatic carbocycles. The first kappa shape index (κ1) is 14.4. The minimum absolute atomic E-state index is 0.833. The van der Waals surface area contributed by atoms with E-state index in [1.807, 2.05) is 19.3 Å². The Morgan fingerprint density at radius 3 is 2.30 bits per heavy atom. The number of piperazine rings is 1. The fraction of sp³-hybridized carbons (Fsp3) is 0.529. The molecule has 1 aliphatic heterocycles. The molecule has 0 amide bonds. The number of aryl methyl sites for hydroxylation is 2. The molecular formula is C17H22N6. The van der Waals surface area contributed by atoms with E-state index in [1.54, 1.807) is 6.33 Å². The van der Waals surface area contributed by atoms with Crippen LogP contribution in [0.15, 0.2) is 18.7 Å². The van der Waals surface area contributed by atoms with Gasteiger partial charge in [-0.15, -0.1) is 0 Å². The molecule has 0 unspecified atom stereocenters. The summed E-state index contributed by atoms with van der Waals surface area (Å²) in [6.07, 6.45) is 10.2. The van der Waals surface area contributed by atoms with Crippen LogP contribution in [0.25, 0.3) is 0 Å². The van der Waals surface area contributed by atoms with Crippen LogP contribution in [0.4, 0.5) is 11.8 Å². The number of nitrogens with zero attached hydrogens (tertiary/aromatic N) is 6. The highest BCUT2D eigenvalue weighted by atomic mass is 15.3. The fourth-order valence-corrected chi connectivity index (χ4v) is 3.44. The van der Waals surface area contributed by atoms with Crippen molar-refractivity contribution in [3.05, 3.63) is 35.5 Å². The summed E-state index contributed by atoms with van der Waals surface area (Å²) >= 11 is 0. The molecule has 120 valence electrons. The van der Waals surface area contributed by atoms with E-state index in [1.165, 1.54) is 24.1 Å². The summed E-state index contributed by atoms with van der Waals surface area (Å²) in [6, 6.07) is 0. The molecule has 2 aromatic heterocycles. The summed E-state index contributed by atoms with van der Waals surface area (Å²) in [5.74, 6) is 1.99. The molecule has 2 aliphatic rings. The zero-order valence-corrected chi connectivity index (χ0v) is 13.6. The van der Waals surface area contributed by atoms with Gasteiger partial charge in [-0.05, 0) is 38.2 Å². The SMILES string of the molecule is Cc1cnc(N2CCN(c3ncnc4c3CCCC4)CC2)nc1. The van der Waals surface area contributed by atoms with Gasteiger partial charge < -0.3 is 9.80 Å². The molecule has 6 nitrogen and oxygen atoms in total. The topological polar surface area (TPSA) is 58.0 Å². The van der Waals surface area contributed by atoms with Gasteiger partial charge in [-0.3, -0.25) is 0 Å². The van der Waals surface area contributed by atoms with Gasteiger partial charge >= 0.3 is 0 Å². The Morgan fingerprint density at radius 1 is 0.826 bits per heavy atom. The minimum Gasteiger partial charge on any atom is -0.353 e. The minimum atomic E-state index is 0.833. The molecule has 0 atom stereocenters. The van der Waals surface area contributed by atoms with Gasteiger partial charge in [0, 0.05) is 49.8 Å². The van der Waals surface area contributed by atoms with E-state index in [-0.39, 0.29) is 0 Å². The zero-order valence-electron chi connectivity index (χ0n) is 13.6. The molecule has 0 spiro atoms. The molecule has 0 radical (unpaired) electrons. The summed E-state index contributed by atoms with van der Waals surface area (Å²) in [4.78, 5) is 22.6. The maximum Gasteiger partial charge on any atom is 0.225 e. The Labute approximate surface area is 136 Å². The summed E-state index contributed by atoms with van der Waals surface area (Å²) in [6.45, 7) is 5.80. The number of hydrogen-bond donors (Lipinski definition) is 0. The first-order chi connectivity index (χ1) is 11.3. The molecule has 2 aromatic rings. The number of anilines is 2. The van der Waals surface area contributed by atoms with Crippen molar-refractivity contribution >= 4 is 11.8 Å². The smallest absolute Gasteiger partial charge is 0.225 e. The van der Waals surface area contributed by atoms with Crippen LogP contribution in [0.1, 0.15) is 29.7 Å². The maximum atomic E-state index is 4.59. The second kappa shape index (κ2) is 6.10. The van der Waals surface area contributed by atoms with Crippen LogP contribution < -0.4 is 9.80 Å². The first-order valence-electron chi connectivity index (χ1n) is 8.42. The second-order valence-electron chi connectivity index (χ2n) is 6.36. The normalized spacial score (nSPS) is 18.0. The van der Waals surface area contributed by atoms with E-state index in [0.717, 1.165) is 56.4 Å². The third-order valence-electron chi connectivity index (χ3n) is 4.73.